The molecule has 6 nitrogen and oxygen atoms in total. The van der Waals surface area contributed by atoms with E-state index in [0.717, 1.165) is 52.1 Å². The predicted octanol–water partition coefficient (Wildman–Crippen LogP) is 3.47. The summed E-state index contributed by atoms with van der Waals surface area (Å²) in [5.74, 6) is 0.236. The van der Waals surface area contributed by atoms with Crippen LogP contribution in [-0.4, -0.2) is 98.8 Å². The lowest BCUT2D eigenvalue weighted by atomic mass is 9.85. The number of carbonyl (C=O) groups excluding carboxylic acids is 1. The minimum Gasteiger partial charge on any atom is -0.469 e. The summed E-state index contributed by atoms with van der Waals surface area (Å²) in [5, 5.41) is 0. The number of nitrogens with zero attached hydrogens (tertiary/aromatic N) is 4. The van der Waals surface area contributed by atoms with Crippen molar-refractivity contribution in [3.8, 4) is 0 Å². The first kappa shape index (κ1) is 25.4. The largest absolute Gasteiger partial charge is 0.469 e. The highest BCUT2D eigenvalue weighted by Gasteiger charge is 2.37. The third-order valence-electron chi connectivity index (χ3n) is 8.26. The van der Waals surface area contributed by atoms with E-state index in [-0.39, 0.29) is 11.8 Å². The summed E-state index contributed by atoms with van der Waals surface area (Å²) in [5.41, 5.74) is 0.716. The number of ether oxygens (including phenoxy) is 1. The Balaban J connectivity index is 1.35. The molecule has 0 unspecified atom stereocenters. The van der Waals surface area contributed by atoms with E-state index in [1.807, 2.05) is 12.1 Å². The van der Waals surface area contributed by atoms with E-state index >= 15 is 0 Å². The fourth-order valence-corrected chi connectivity index (χ4v) is 6.38. The highest BCUT2D eigenvalue weighted by molar-refractivity contribution is 5.69. The molecular formula is C27H43FN4O2. The van der Waals surface area contributed by atoms with Crippen molar-refractivity contribution in [2.24, 2.45) is 5.92 Å². The summed E-state index contributed by atoms with van der Waals surface area (Å²) < 4.78 is 19.2. The first-order chi connectivity index (χ1) is 16.6. The Bertz CT molecular complexity index is 778. The zero-order valence-electron chi connectivity index (χ0n) is 21.1. The lowest BCUT2D eigenvalue weighted by Gasteiger charge is -2.49. The van der Waals surface area contributed by atoms with Crippen molar-refractivity contribution in [3.63, 3.8) is 0 Å². The Morgan fingerprint density at radius 3 is 2.41 bits per heavy atom. The Labute approximate surface area is 205 Å². The highest BCUT2D eigenvalue weighted by Crippen LogP contribution is 2.31. The van der Waals surface area contributed by atoms with Crippen LogP contribution < -0.4 is 4.90 Å². The molecule has 0 aliphatic carbocycles. The number of rotatable bonds is 8. The molecule has 3 aliphatic heterocycles. The molecule has 2 atom stereocenters. The van der Waals surface area contributed by atoms with Crippen LogP contribution in [0.2, 0.25) is 0 Å². The van der Waals surface area contributed by atoms with Crippen LogP contribution in [0.15, 0.2) is 24.3 Å². The minimum atomic E-state index is -0.134. The second kappa shape index (κ2) is 12.3. The van der Waals surface area contributed by atoms with Crippen molar-refractivity contribution in [2.75, 3.05) is 70.9 Å². The van der Waals surface area contributed by atoms with Gasteiger partial charge in [-0.05, 0) is 76.3 Å². The fourth-order valence-electron chi connectivity index (χ4n) is 6.38. The Kier molecular flexibility index (Phi) is 9.20. The van der Waals surface area contributed by atoms with Crippen LogP contribution in [0.3, 0.4) is 0 Å². The zero-order chi connectivity index (χ0) is 23.9. The molecule has 190 valence electrons. The van der Waals surface area contributed by atoms with E-state index in [4.69, 9.17) is 4.74 Å². The number of anilines is 1. The predicted molar refractivity (Wildman–Crippen MR) is 135 cm³/mol. The maximum atomic E-state index is 14.3. The SMILES string of the molecule is CCCN1CCC(N2CC[C@@H](N3CCN(c4ccccc4F)CC3)[C@@H](CCC(=O)OC)C2)CC1. The number of carbonyl (C=O) groups is 1. The maximum absolute atomic E-state index is 14.3. The molecule has 3 fully saturated rings. The third-order valence-corrected chi connectivity index (χ3v) is 8.26. The second-order valence-corrected chi connectivity index (χ2v) is 10.3. The molecule has 3 saturated heterocycles. The number of hydrogen-bond donors (Lipinski definition) is 0. The molecule has 4 rings (SSSR count). The van der Waals surface area contributed by atoms with Gasteiger partial charge >= 0.3 is 5.97 Å². The molecule has 1 aromatic carbocycles. The Morgan fingerprint density at radius 2 is 1.74 bits per heavy atom. The topological polar surface area (TPSA) is 39.3 Å². The Morgan fingerprint density at radius 1 is 1.00 bits per heavy atom. The average molecular weight is 475 g/mol. The van der Waals surface area contributed by atoms with Gasteiger partial charge in [0.15, 0.2) is 0 Å². The van der Waals surface area contributed by atoms with Gasteiger partial charge in [0.25, 0.3) is 0 Å². The van der Waals surface area contributed by atoms with E-state index in [2.05, 4.69) is 26.5 Å². The van der Waals surface area contributed by atoms with Gasteiger partial charge in [0.1, 0.15) is 5.82 Å². The zero-order valence-corrected chi connectivity index (χ0v) is 21.1. The molecule has 7 heteroatoms. The first-order valence-electron chi connectivity index (χ1n) is 13.4. The van der Waals surface area contributed by atoms with Gasteiger partial charge < -0.3 is 14.5 Å². The molecule has 0 radical (unpaired) electrons. The molecule has 1 aromatic rings. The van der Waals surface area contributed by atoms with Gasteiger partial charge in [0.2, 0.25) is 0 Å². The van der Waals surface area contributed by atoms with Crippen LogP contribution in [0.5, 0.6) is 0 Å². The lowest BCUT2D eigenvalue weighted by Crippen LogP contribution is -2.58. The molecule has 0 spiro atoms. The van der Waals surface area contributed by atoms with E-state index in [9.17, 15) is 9.18 Å². The van der Waals surface area contributed by atoms with Crippen LogP contribution in [0.1, 0.15) is 45.4 Å². The highest BCUT2D eigenvalue weighted by atomic mass is 19.1. The van der Waals surface area contributed by atoms with Crippen molar-refractivity contribution in [2.45, 2.75) is 57.5 Å². The van der Waals surface area contributed by atoms with Crippen LogP contribution in [0, 0.1) is 11.7 Å². The quantitative estimate of drug-likeness (QED) is 0.538. The summed E-state index contributed by atoms with van der Waals surface area (Å²) in [7, 11) is 1.49. The third kappa shape index (κ3) is 6.29. The number of esters is 1. The Hall–Kier alpha value is -1.70. The van der Waals surface area contributed by atoms with Crippen molar-refractivity contribution in [3.05, 3.63) is 30.1 Å². The molecule has 0 bridgehead atoms. The maximum Gasteiger partial charge on any atom is 0.305 e. The number of methoxy groups -OCH3 is 1. The smallest absolute Gasteiger partial charge is 0.305 e. The molecule has 0 amide bonds. The average Bonchev–Trinajstić information content (AvgIpc) is 2.88. The van der Waals surface area contributed by atoms with E-state index in [1.54, 1.807) is 12.1 Å². The molecule has 0 aromatic heterocycles. The van der Waals surface area contributed by atoms with E-state index in [0.29, 0.717) is 30.1 Å². The van der Waals surface area contributed by atoms with Crippen molar-refractivity contribution >= 4 is 11.7 Å². The first-order valence-corrected chi connectivity index (χ1v) is 13.4. The number of hydrogen-bond acceptors (Lipinski definition) is 6. The van der Waals surface area contributed by atoms with Gasteiger partial charge in [-0.1, -0.05) is 19.1 Å². The second-order valence-electron chi connectivity index (χ2n) is 10.3. The van der Waals surface area contributed by atoms with E-state index < -0.39 is 0 Å². The van der Waals surface area contributed by atoms with Gasteiger partial charge in [0.05, 0.1) is 12.8 Å². The summed E-state index contributed by atoms with van der Waals surface area (Å²) in [4.78, 5) is 22.1. The number of piperidine rings is 2. The number of benzene rings is 1. The van der Waals surface area contributed by atoms with Crippen LogP contribution in [0.25, 0.3) is 0 Å². The monoisotopic (exact) mass is 474 g/mol. The van der Waals surface area contributed by atoms with Crippen molar-refractivity contribution < 1.29 is 13.9 Å². The van der Waals surface area contributed by atoms with Gasteiger partial charge in [-0.2, -0.15) is 0 Å². The van der Waals surface area contributed by atoms with E-state index in [1.165, 1.54) is 46.0 Å². The number of likely N-dealkylation sites (tertiary alicyclic amines) is 2. The van der Waals surface area contributed by atoms with Gasteiger partial charge in [-0.15, -0.1) is 0 Å². The standard InChI is InChI=1S/C27H43FN4O2/c1-3-13-29-14-10-23(11-15-29)32-16-12-25(22(21-32)8-9-27(33)34-2)30-17-19-31(20-18-30)26-7-5-4-6-24(26)28/h4-7,22-23,25H,3,8-21H2,1-2H3/t22-,25+/m0/s1. The molecule has 3 heterocycles. The molecule has 34 heavy (non-hydrogen) atoms. The van der Waals surface area contributed by atoms with Crippen molar-refractivity contribution in [1.29, 1.82) is 0 Å². The molecule has 3 aliphatic rings. The van der Waals surface area contributed by atoms with Crippen molar-refractivity contribution in [1.82, 2.24) is 14.7 Å². The molecule has 0 saturated carbocycles. The fraction of sp³-hybridized carbons (Fsp3) is 0.741. The van der Waals surface area contributed by atoms with Crippen LogP contribution in [-0.2, 0) is 9.53 Å². The van der Waals surface area contributed by atoms with Gasteiger partial charge in [-0.3, -0.25) is 14.6 Å². The lowest BCUT2D eigenvalue weighted by molar-refractivity contribution is -0.141. The van der Waals surface area contributed by atoms with Crippen LogP contribution >= 0.6 is 0 Å². The molecule has 0 N–H and O–H groups in total. The number of piperazine rings is 1. The van der Waals surface area contributed by atoms with Crippen LogP contribution in [0.4, 0.5) is 10.1 Å². The summed E-state index contributed by atoms with van der Waals surface area (Å²) >= 11 is 0. The number of halogens is 1. The number of para-hydroxylation sites is 1. The summed E-state index contributed by atoms with van der Waals surface area (Å²) in [6.07, 6.45) is 6.29. The normalized spacial score (nSPS) is 26.0. The van der Waals surface area contributed by atoms with Gasteiger partial charge in [-0.25, -0.2) is 4.39 Å². The minimum absolute atomic E-state index is 0.104. The summed E-state index contributed by atoms with van der Waals surface area (Å²) in [6.45, 7) is 11.7. The molecular weight excluding hydrogens is 431 g/mol. The summed E-state index contributed by atoms with van der Waals surface area (Å²) in [6, 6.07) is 8.26. The van der Waals surface area contributed by atoms with Gasteiger partial charge in [0, 0.05) is 51.2 Å².